The molecule has 3 aliphatic heterocycles. The van der Waals surface area contributed by atoms with Gasteiger partial charge in [-0.2, -0.15) is 0 Å². The van der Waals surface area contributed by atoms with Gasteiger partial charge in [-0.25, -0.2) is 9.79 Å². The van der Waals surface area contributed by atoms with Gasteiger partial charge in [0.05, 0.1) is 13.2 Å². The normalized spacial score (nSPS) is 24.1. The maximum atomic E-state index is 13.1. The van der Waals surface area contributed by atoms with Crippen molar-refractivity contribution < 1.29 is 14.3 Å². The molecule has 1 aromatic carbocycles. The van der Waals surface area contributed by atoms with Crippen LogP contribution in [0.1, 0.15) is 12.5 Å². The van der Waals surface area contributed by atoms with Crippen LogP contribution in [0.2, 0.25) is 5.02 Å². The van der Waals surface area contributed by atoms with E-state index in [4.69, 9.17) is 21.3 Å². The van der Waals surface area contributed by atoms with E-state index < -0.39 is 12.2 Å². The van der Waals surface area contributed by atoms with Gasteiger partial charge in [0, 0.05) is 37.5 Å². The van der Waals surface area contributed by atoms with Crippen molar-refractivity contribution in [3.63, 3.8) is 0 Å². The quantitative estimate of drug-likeness (QED) is 0.698. The molecule has 28 heavy (non-hydrogen) atoms. The van der Waals surface area contributed by atoms with Crippen molar-refractivity contribution in [1.29, 1.82) is 0 Å². The Morgan fingerprint density at radius 2 is 2.07 bits per heavy atom. The smallest absolute Gasteiger partial charge is 0.328 e. The number of benzene rings is 1. The molecule has 2 unspecified atom stereocenters. The predicted octanol–water partition coefficient (Wildman–Crippen LogP) is 1.77. The first kappa shape index (κ1) is 19.0. The van der Waals surface area contributed by atoms with E-state index in [1.54, 1.807) is 11.9 Å². The number of carbonyl (C=O) groups is 2. The van der Waals surface area contributed by atoms with Crippen LogP contribution in [-0.4, -0.2) is 84.7 Å². The van der Waals surface area contributed by atoms with E-state index in [0.29, 0.717) is 31.3 Å². The average molecular weight is 406 g/mol. The fourth-order valence-corrected chi connectivity index (χ4v) is 4.23. The van der Waals surface area contributed by atoms with Gasteiger partial charge in [0.2, 0.25) is 5.96 Å². The van der Waals surface area contributed by atoms with Crippen LogP contribution in [0.3, 0.4) is 0 Å². The minimum absolute atomic E-state index is 0.212. The largest absolute Gasteiger partial charge is 0.380 e. The lowest BCUT2D eigenvalue weighted by atomic mass is 10.1. The summed E-state index contributed by atoms with van der Waals surface area (Å²) in [5.74, 6) is 0.510. The zero-order chi connectivity index (χ0) is 20.0. The van der Waals surface area contributed by atoms with Gasteiger partial charge in [-0.05, 0) is 31.5 Å². The molecule has 0 aliphatic carbocycles. The molecule has 4 rings (SSSR count). The van der Waals surface area contributed by atoms with Crippen molar-refractivity contribution in [1.82, 2.24) is 14.7 Å². The summed E-state index contributed by atoms with van der Waals surface area (Å²) in [6.45, 7) is 6.37. The second-order valence-corrected chi connectivity index (χ2v) is 7.50. The summed E-state index contributed by atoms with van der Waals surface area (Å²) in [6, 6.07) is 4.94. The molecule has 0 saturated carbocycles. The van der Waals surface area contributed by atoms with E-state index in [2.05, 4.69) is 4.90 Å². The lowest BCUT2D eigenvalue weighted by Crippen LogP contribution is -2.65. The third-order valence-corrected chi connectivity index (χ3v) is 5.98. The van der Waals surface area contributed by atoms with Crippen LogP contribution in [0.4, 0.5) is 10.5 Å². The summed E-state index contributed by atoms with van der Waals surface area (Å²) < 4.78 is 5.34. The first-order valence-electron chi connectivity index (χ1n) is 9.48. The number of halogens is 1. The van der Waals surface area contributed by atoms with E-state index in [-0.39, 0.29) is 18.5 Å². The number of likely N-dealkylation sites (N-methyl/N-ethyl adjacent to an activating group) is 1. The van der Waals surface area contributed by atoms with Crippen molar-refractivity contribution in [3.8, 4) is 0 Å². The highest BCUT2D eigenvalue weighted by atomic mass is 35.5. The van der Waals surface area contributed by atoms with E-state index in [0.717, 1.165) is 17.2 Å². The second kappa shape index (κ2) is 7.25. The molecule has 2 fully saturated rings. The second-order valence-electron chi connectivity index (χ2n) is 7.10. The lowest BCUT2D eigenvalue weighted by Gasteiger charge is -2.40. The molecule has 3 heterocycles. The number of amides is 3. The third-order valence-electron chi connectivity index (χ3n) is 5.57. The Balaban J connectivity index is 1.62. The van der Waals surface area contributed by atoms with Gasteiger partial charge in [-0.15, -0.1) is 0 Å². The Hall–Kier alpha value is -2.32. The van der Waals surface area contributed by atoms with Gasteiger partial charge in [-0.1, -0.05) is 17.7 Å². The average Bonchev–Trinajstić information content (AvgIpc) is 3.24. The van der Waals surface area contributed by atoms with Crippen molar-refractivity contribution in [2.45, 2.75) is 26.1 Å². The standard InChI is InChI=1S/C19H24ClN5O3/c1-4-28-11-10-25-17(26)15-16(22(3)19(25)27)21-18-23(8-9-24(15)18)14-7-5-6-13(20)12(14)2/h5-7,15-16H,4,8-11H2,1-3H3. The number of fused-ring (bicyclic) bond motifs is 3. The SMILES string of the molecule is CCOCCN1C(=O)C2C(N=C3N(c4cccc(Cl)c4C)CCN32)N(C)C1=O. The Kier molecular flexibility index (Phi) is 4.93. The molecule has 2 atom stereocenters. The summed E-state index contributed by atoms with van der Waals surface area (Å²) in [5.41, 5.74) is 1.94. The molecule has 3 amide bonds. The lowest BCUT2D eigenvalue weighted by molar-refractivity contribution is -0.138. The molecule has 9 heteroatoms. The molecule has 0 N–H and O–H groups in total. The number of imide groups is 1. The van der Waals surface area contributed by atoms with Crippen LogP contribution in [0.5, 0.6) is 0 Å². The number of rotatable bonds is 5. The van der Waals surface area contributed by atoms with Crippen molar-refractivity contribution in [2.24, 2.45) is 4.99 Å². The number of urea groups is 1. The zero-order valence-electron chi connectivity index (χ0n) is 16.3. The van der Waals surface area contributed by atoms with Gasteiger partial charge >= 0.3 is 6.03 Å². The van der Waals surface area contributed by atoms with Crippen molar-refractivity contribution in [3.05, 3.63) is 28.8 Å². The van der Waals surface area contributed by atoms with Crippen LogP contribution >= 0.6 is 11.6 Å². The summed E-state index contributed by atoms with van der Waals surface area (Å²) in [6.07, 6.45) is -0.513. The van der Waals surface area contributed by atoms with Crippen LogP contribution in [0, 0.1) is 6.92 Å². The molecule has 150 valence electrons. The van der Waals surface area contributed by atoms with Gasteiger partial charge in [0.1, 0.15) is 0 Å². The Bertz CT molecular complexity index is 845. The molecular formula is C19H24ClN5O3. The first-order chi connectivity index (χ1) is 13.5. The highest BCUT2D eigenvalue weighted by molar-refractivity contribution is 6.31. The number of aliphatic imine (C=N–C) groups is 1. The first-order valence-corrected chi connectivity index (χ1v) is 9.86. The molecule has 0 radical (unpaired) electrons. The molecule has 2 saturated heterocycles. The Morgan fingerprint density at radius 3 is 2.82 bits per heavy atom. The third kappa shape index (κ3) is 2.82. The number of hydrogen-bond acceptors (Lipinski definition) is 6. The van der Waals surface area contributed by atoms with Crippen molar-refractivity contribution in [2.75, 3.05) is 44.8 Å². The van der Waals surface area contributed by atoms with Gasteiger partial charge in [0.25, 0.3) is 5.91 Å². The minimum Gasteiger partial charge on any atom is -0.380 e. The summed E-state index contributed by atoms with van der Waals surface area (Å²) in [4.78, 5) is 37.5. The molecular weight excluding hydrogens is 382 g/mol. The van der Waals surface area contributed by atoms with E-state index in [1.807, 2.05) is 36.9 Å². The summed E-state index contributed by atoms with van der Waals surface area (Å²) in [7, 11) is 1.70. The molecule has 0 spiro atoms. The van der Waals surface area contributed by atoms with Crippen LogP contribution in [-0.2, 0) is 9.53 Å². The molecule has 1 aromatic rings. The highest BCUT2D eigenvalue weighted by Crippen LogP contribution is 2.35. The van der Waals surface area contributed by atoms with Crippen LogP contribution in [0.25, 0.3) is 0 Å². The van der Waals surface area contributed by atoms with E-state index in [9.17, 15) is 9.59 Å². The van der Waals surface area contributed by atoms with E-state index >= 15 is 0 Å². The molecule has 0 aromatic heterocycles. The maximum Gasteiger partial charge on any atom is 0.328 e. The van der Waals surface area contributed by atoms with Crippen LogP contribution < -0.4 is 4.90 Å². The Morgan fingerprint density at radius 1 is 1.29 bits per heavy atom. The number of carbonyl (C=O) groups excluding carboxylic acids is 2. The van der Waals surface area contributed by atoms with Gasteiger partial charge in [0.15, 0.2) is 12.2 Å². The van der Waals surface area contributed by atoms with E-state index in [1.165, 1.54) is 4.90 Å². The molecule has 8 nitrogen and oxygen atoms in total. The topological polar surface area (TPSA) is 68.7 Å². The fraction of sp³-hybridized carbons (Fsp3) is 0.526. The monoisotopic (exact) mass is 405 g/mol. The highest BCUT2D eigenvalue weighted by Gasteiger charge is 2.54. The number of hydrogen-bond donors (Lipinski definition) is 0. The predicted molar refractivity (Wildman–Crippen MR) is 107 cm³/mol. The maximum absolute atomic E-state index is 13.1. The van der Waals surface area contributed by atoms with Crippen LogP contribution in [0.15, 0.2) is 23.2 Å². The fourth-order valence-electron chi connectivity index (χ4n) is 4.06. The summed E-state index contributed by atoms with van der Waals surface area (Å²) in [5, 5.41) is 0.692. The number of nitrogens with zero attached hydrogens (tertiary/aromatic N) is 5. The number of ether oxygens (including phenoxy) is 1. The molecule has 3 aliphatic rings. The summed E-state index contributed by atoms with van der Waals surface area (Å²) >= 11 is 6.30. The number of guanidine groups is 1. The van der Waals surface area contributed by atoms with Crippen molar-refractivity contribution >= 4 is 35.2 Å². The van der Waals surface area contributed by atoms with Gasteiger partial charge < -0.3 is 19.4 Å². The number of anilines is 1. The minimum atomic E-state index is -0.513. The molecule has 0 bridgehead atoms. The Labute approximate surface area is 169 Å². The van der Waals surface area contributed by atoms with Gasteiger partial charge in [-0.3, -0.25) is 9.69 Å². The zero-order valence-corrected chi connectivity index (χ0v) is 17.0.